The van der Waals surface area contributed by atoms with Crippen molar-refractivity contribution in [1.82, 2.24) is 10.2 Å². The van der Waals surface area contributed by atoms with E-state index in [-0.39, 0.29) is 11.7 Å². The molecule has 1 fully saturated rings. The van der Waals surface area contributed by atoms with Gasteiger partial charge in [0.2, 0.25) is 5.91 Å². The lowest BCUT2D eigenvalue weighted by atomic mass is 10.1. The molecule has 1 aromatic rings. The SMILES string of the molecule is CNCC1CCN(C(=O)/C=C(\C)c2cccc(F)c2)C1. The van der Waals surface area contributed by atoms with Gasteiger partial charge in [-0.2, -0.15) is 0 Å². The molecule has 2 rings (SSSR count). The van der Waals surface area contributed by atoms with Crippen molar-refractivity contribution in [2.45, 2.75) is 13.3 Å². The molecule has 0 bridgehead atoms. The van der Waals surface area contributed by atoms with Gasteiger partial charge in [-0.25, -0.2) is 4.39 Å². The van der Waals surface area contributed by atoms with Gasteiger partial charge in [0.05, 0.1) is 0 Å². The highest BCUT2D eigenvalue weighted by Gasteiger charge is 2.24. The minimum atomic E-state index is -0.280. The average Bonchev–Trinajstić information content (AvgIpc) is 2.88. The third-order valence-corrected chi connectivity index (χ3v) is 3.71. The summed E-state index contributed by atoms with van der Waals surface area (Å²) in [5.74, 6) is 0.273. The van der Waals surface area contributed by atoms with E-state index in [2.05, 4.69) is 5.32 Å². The highest BCUT2D eigenvalue weighted by molar-refractivity contribution is 5.95. The Labute approximate surface area is 119 Å². The van der Waals surface area contributed by atoms with Crippen molar-refractivity contribution in [2.75, 3.05) is 26.7 Å². The molecule has 0 saturated carbocycles. The van der Waals surface area contributed by atoms with Crippen LogP contribution in [-0.2, 0) is 4.79 Å². The second kappa shape index (κ2) is 6.66. The minimum absolute atomic E-state index is 0.0189. The minimum Gasteiger partial charge on any atom is -0.339 e. The molecule has 1 aliphatic rings. The fourth-order valence-corrected chi connectivity index (χ4v) is 2.58. The van der Waals surface area contributed by atoms with Gasteiger partial charge in [-0.15, -0.1) is 0 Å². The Morgan fingerprint density at radius 2 is 2.35 bits per heavy atom. The van der Waals surface area contributed by atoms with E-state index in [0.717, 1.165) is 37.2 Å². The molecule has 1 saturated heterocycles. The molecule has 3 nitrogen and oxygen atoms in total. The molecule has 20 heavy (non-hydrogen) atoms. The number of benzene rings is 1. The van der Waals surface area contributed by atoms with Crippen molar-refractivity contribution in [1.29, 1.82) is 0 Å². The molecular weight excluding hydrogens is 255 g/mol. The Morgan fingerprint density at radius 1 is 1.55 bits per heavy atom. The first-order valence-corrected chi connectivity index (χ1v) is 6.98. The number of hydrogen-bond donors (Lipinski definition) is 1. The summed E-state index contributed by atoms with van der Waals surface area (Å²) in [7, 11) is 1.93. The fourth-order valence-electron chi connectivity index (χ4n) is 2.58. The van der Waals surface area contributed by atoms with Crippen molar-refractivity contribution in [3.63, 3.8) is 0 Å². The zero-order valence-corrected chi connectivity index (χ0v) is 12.0. The third kappa shape index (κ3) is 3.67. The Hall–Kier alpha value is -1.68. The van der Waals surface area contributed by atoms with Gasteiger partial charge in [0, 0.05) is 19.2 Å². The number of carbonyl (C=O) groups is 1. The van der Waals surface area contributed by atoms with Crippen LogP contribution >= 0.6 is 0 Å². The second-order valence-corrected chi connectivity index (χ2v) is 5.33. The zero-order chi connectivity index (χ0) is 14.5. The van der Waals surface area contributed by atoms with Crippen LogP contribution in [0.2, 0.25) is 0 Å². The zero-order valence-electron chi connectivity index (χ0n) is 12.0. The highest BCUT2D eigenvalue weighted by atomic mass is 19.1. The Kier molecular flexibility index (Phi) is 4.90. The molecule has 0 aromatic heterocycles. The molecule has 1 amide bonds. The van der Waals surface area contributed by atoms with Gasteiger partial charge in [0.1, 0.15) is 5.82 Å². The van der Waals surface area contributed by atoms with Crippen molar-refractivity contribution in [3.05, 3.63) is 41.7 Å². The average molecular weight is 276 g/mol. The predicted octanol–water partition coefficient (Wildman–Crippen LogP) is 2.30. The van der Waals surface area contributed by atoms with Crippen LogP contribution in [0, 0.1) is 11.7 Å². The number of nitrogens with zero attached hydrogens (tertiary/aromatic N) is 1. The number of carbonyl (C=O) groups excluding carboxylic acids is 1. The lowest BCUT2D eigenvalue weighted by Gasteiger charge is -2.15. The number of likely N-dealkylation sites (tertiary alicyclic amines) is 1. The van der Waals surface area contributed by atoms with E-state index in [1.165, 1.54) is 12.1 Å². The molecule has 108 valence electrons. The Balaban J connectivity index is 2.01. The molecule has 1 aromatic carbocycles. The summed E-state index contributed by atoms with van der Waals surface area (Å²) in [4.78, 5) is 14.1. The van der Waals surface area contributed by atoms with Gasteiger partial charge >= 0.3 is 0 Å². The van der Waals surface area contributed by atoms with Gasteiger partial charge in [-0.1, -0.05) is 12.1 Å². The summed E-state index contributed by atoms with van der Waals surface area (Å²) >= 11 is 0. The van der Waals surface area contributed by atoms with Crippen LogP contribution in [0.25, 0.3) is 5.57 Å². The Morgan fingerprint density at radius 3 is 3.05 bits per heavy atom. The molecule has 1 N–H and O–H groups in total. The molecular formula is C16H21FN2O. The maximum Gasteiger partial charge on any atom is 0.246 e. The number of halogens is 1. The van der Waals surface area contributed by atoms with Crippen molar-refractivity contribution in [2.24, 2.45) is 5.92 Å². The van der Waals surface area contributed by atoms with Crippen LogP contribution in [0.4, 0.5) is 4.39 Å². The topological polar surface area (TPSA) is 32.3 Å². The van der Waals surface area contributed by atoms with E-state index in [1.807, 2.05) is 24.9 Å². The van der Waals surface area contributed by atoms with Crippen LogP contribution in [-0.4, -0.2) is 37.5 Å². The molecule has 1 atom stereocenters. The first kappa shape index (κ1) is 14.7. The van der Waals surface area contributed by atoms with E-state index in [0.29, 0.717) is 5.92 Å². The second-order valence-electron chi connectivity index (χ2n) is 5.33. The van der Waals surface area contributed by atoms with Gasteiger partial charge in [0.15, 0.2) is 0 Å². The predicted molar refractivity (Wildman–Crippen MR) is 78.7 cm³/mol. The lowest BCUT2D eigenvalue weighted by Crippen LogP contribution is -2.29. The molecule has 0 spiro atoms. The molecule has 4 heteroatoms. The van der Waals surface area contributed by atoms with Crippen LogP contribution < -0.4 is 5.32 Å². The molecule has 1 heterocycles. The van der Waals surface area contributed by atoms with E-state index in [4.69, 9.17) is 0 Å². The summed E-state index contributed by atoms with van der Waals surface area (Å²) in [5, 5.41) is 3.15. The maximum absolute atomic E-state index is 13.2. The molecule has 1 aliphatic heterocycles. The summed E-state index contributed by atoms with van der Waals surface area (Å²) < 4.78 is 13.2. The van der Waals surface area contributed by atoms with Gasteiger partial charge in [-0.05, 0) is 56.1 Å². The third-order valence-electron chi connectivity index (χ3n) is 3.71. The lowest BCUT2D eigenvalue weighted by molar-refractivity contribution is -0.125. The number of rotatable bonds is 4. The van der Waals surface area contributed by atoms with Gasteiger partial charge < -0.3 is 10.2 Å². The van der Waals surface area contributed by atoms with Crippen LogP contribution in [0.5, 0.6) is 0 Å². The van der Waals surface area contributed by atoms with Crippen molar-refractivity contribution in [3.8, 4) is 0 Å². The van der Waals surface area contributed by atoms with E-state index in [9.17, 15) is 9.18 Å². The normalized spacial score (nSPS) is 19.4. The van der Waals surface area contributed by atoms with Crippen LogP contribution in [0.1, 0.15) is 18.9 Å². The quantitative estimate of drug-likeness (QED) is 0.856. The molecule has 0 radical (unpaired) electrons. The first-order chi connectivity index (χ1) is 9.60. The molecule has 0 aliphatic carbocycles. The van der Waals surface area contributed by atoms with Gasteiger partial charge in [0.25, 0.3) is 0 Å². The standard InChI is InChI=1S/C16H21FN2O/c1-12(14-4-3-5-15(17)9-14)8-16(20)19-7-6-13(11-19)10-18-2/h3-5,8-9,13,18H,6-7,10-11H2,1-2H3/b12-8+. The largest absolute Gasteiger partial charge is 0.339 e. The van der Waals surface area contributed by atoms with E-state index in [1.54, 1.807) is 12.1 Å². The highest BCUT2D eigenvalue weighted by Crippen LogP contribution is 2.19. The number of allylic oxidation sites excluding steroid dienone is 1. The Bertz CT molecular complexity index is 513. The van der Waals surface area contributed by atoms with Crippen LogP contribution in [0.15, 0.2) is 30.3 Å². The summed E-state index contributed by atoms with van der Waals surface area (Å²) in [6.45, 7) is 4.38. The van der Waals surface area contributed by atoms with E-state index >= 15 is 0 Å². The number of amides is 1. The number of hydrogen-bond acceptors (Lipinski definition) is 2. The summed E-state index contributed by atoms with van der Waals surface area (Å²) in [6, 6.07) is 6.33. The van der Waals surface area contributed by atoms with E-state index < -0.39 is 0 Å². The maximum atomic E-state index is 13.2. The van der Waals surface area contributed by atoms with Gasteiger partial charge in [-0.3, -0.25) is 4.79 Å². The fraction of sp³-hybridized carbons (Fsp3) is 0.438. The number of nitrogens with one attached hydrogen (secondary N) is 1. The smallest absolute Gasteiger partial charge is 0.246 e. The van der Waals surface area contributed by atoms with Crippen LogP contribution in [0.3, 0.4) is 0 Å². The monoisotopic (exact) mass is 276 g/mol. The first-order valence-electron chi connectivity index (χ1n) is 6.98. The van der Waals surface area contributed by atoms with Crippen molar-refractivity contribution >= 4 is 11.5 Å². The summed E-state index contributed by atoms with van der Waals surface area (Å²) in [6.07, 6.45) is 2.65. The molecule has 1 unspecified atom stereocenters. The van der Waals surface area contributed by atoms with Crippen molar-refractivity contribution < 1.29 is 9.18 Å². The summed E-state index contributed by atoms with van der Waals surface area (Å²) in [5.41, 5.74) is 1.55.